The van der Waals surface area contributed by atoms with Gasteiger partial charge in [-0.25, -0.2) is 9.78 Å². The second-order valence-electron chi connectivity index (χ2n) is 5.25. The Morgan fingerprint density at radius 3 is 2.68 bits per heavy atom. The molecule has 2 N–H and O–H groups in total. The molecule has 0 saturated carbocycles. The first kappa shape index (κ1) is 16.2. The maximum Gasteiger partial charge on any atom is 0.326 e. The maximum absolute atomic E-state index is 12.4. The van der Waals surface area contributed by atoms with Crippen LogP contribution in [0.1, 0.15) is 28.9 Å². The number of ether oxygens (including phenoxy) is 2. The van der Waals surface area contributed by atoms with Gasteiger partial charge in [-0.05, 0) is 37.8 Å². The molecule has 0 aliphatic carbocycles. The Morgan fingerprint density at radius 1 is 1.41 bits per heavy atom. The lowest BCUT2D eigenvalue weighted by Crippen LogP contribution is -2.47. The first-order valence-corrected chi connectivity index (χ1v) is 7.16. The van der Waals surface area contributed by atoms with Crippen molar-refractivity contribution < 1.29 is 24.2 Å². The number of carboxylic acid groups (broad SMARTS) is 1. The lowest BCUT2D eigenvalue weighted by Gasteiger charge is -2.28. The minimum atomic E-state index is -1.04. The van der Waals surface area contributed by atoms with Gasteiger partial charge in [0.1, 0.15) is 11.6 Å². The van der Waals surface area contributed by atoms with Gasteiger partial charge >= 0.3 is 5.97 Å². The first-order valence-electron chi connectivity index (χ1n) is 7.16. The standard InChI is InChI=1S/C15H20N2O5/c1-9-3-4-11(14(16-9)21-2)13(18)17-12(15(19)20)10-5-7-22-8-6-10/h3-4,10,12H,5-8H2,1-2H3,(H,17,18)(H,19,20). The van der Waals surface area contributed by atoms with Crippen LogP contribution in [0.5, 0.6) is 5.88 Å². The van der Waals surface area contributed by atoms with E-state index in [9.17, 15) is 14.7 Å². The van der Waals surface area contributed by atoms with E-state index < -0.39 is 17.9 Å². The van der Waals surface area contributed by atoms with Crippen molar-refractivity contribution >= 4 is 11.9 Å². The maximum atomic E-state index is 12.4. The fraction of sp³-hybridized carbons (Fsp3) is 0.533. The molecule has 1 aromatic rings. The number of carbonyl (C=O) groups is 2. The molecule has 22 heavy (non-hydrogen) atoms. The van der Waals surface area contributed by atoms with Crippen LogP contribution in [0.3, 0.4) is 0 Å². The summed E-state index contributed by atoms with van der Waals surface area (Å²) in [6, 6.07) is 2.32. The number of methoxy groups -OCH3 is 1. The molecule has 0 radical (unpaired) electrons. The van der Waals surface area contributed by atoms with E-state index in [0.29, 0.717) is 31.7 Å². The zero-order valence-electron chi connectivity index (χ0n) is 12.7. The molecule has 1 saturated heterocycles. The lowest BCUT2D eigenvalue weighted by atomic mass is 9.91. The van der Waals surface area contributed by atoms with Crippen LogP contribution in [0.15, 0.2) is 12.1 Å². The predicted octanol–water partition coefficient (Wildman–Crippen LogP) is 1.01. The topological polar surface area (TPSA) is 97.8 Å². The highest BCUT2D eigenvalue weighted by molar-refractivity contribution is 5.98. The van der Waals surface area contributed by atoms with Crippen LogP contribution in [-0.4, -0.2) is 48.3 Å². The summed E-state index contributed by atoms with van der Waals surface area (Å²) in [6.07, 6.45) is 1.22. The third-order valence-electron chi connectivity index (χ3n) is 3.73. The summed E-state index contributed by atoms with van der Waals surface area (Å²) in [5.41, 5.74) is 0.944. The molecule has 1 unspecified atom stereocenters. The summed E-state index contributed by atoms with van der Waals surface area (Å²) in [4.78, 5) is 28.0. The number of aryl methyl sites for hydroxylation is 1. The van der Waals surface area contributed by atoms with Crippen LogP contribution in [-0.2, 0) is 9.53 Å². The van der Waals surface area contributed by atoms with Gasteiger partial charge in [0.2, 0.25) is 5.88 Å². The number of aromatic nitrogens is 1. The number of nitrogens with zero attached hydrogens (tertiary/aromatic N) is 1. The molecule has 0 spiro atoms. The normalized spacial score (nSPS) is 16.8. The molecule has 1 aromatic heterocycles. The van der Waals surface area contributed by atoms with Gasteiger partial charge < -0.3 is 19.9 Å². The molecule has 1 amide bonds. The van der Waals surface area contributed by atoms with Crippen LogP contribution in [0.25, 0.3) is 0 Å². The molecule has 0 aromatic carbocycles. The van der Waals surface area contributed by atoms with Gasteiger partial charge in [-0.3, -0.25) is 4.79 Å². The Bertz CT molecular complexity index is 555. The number of hydrogen-bond acceptors (Lipinski definition) is 5. The molecule has 1 atom stereocenters. The van der Waals surface area contributed by atoms with E-state index >= 15 is 0 Å². The number of nitrogens with one attached hydrogen (secondary N) is 1. The van der Waals surface area contributed by atoms with Crippen LogP contribution in [0, 0.1) is 12.8 Å². The number of aliphatic carboxylic acids is 1. The molecule has 7 heteroatoms. The van der Waals surface area contributed by atoms with E-state index in [-0.39, 0.29) is 17.4 Å². The molecular weight excluding hydrogens is 288 g/mol. The van der Waals surface area contributed by atoms with Crippen molar-refractivity contribution in [3.8, 4) is 5.88 Å². The molecule has 2 rings (SSSR count). The molecule has 2 heterocycles. The molecule has 1 aliphatic heterocycles. The summed E-state index contributed by atoms with van der Waals surface area (Å²) in [5.74, 6) is -1.49. The summed E-state index contributed by atoms with van der Waals surface area (Å²) < 4.78 is 10.3. The highest BCUT2D eigenvalue weighted by atomic mass is 16.5. The van der Waals surface area contributed by atoms with Crippen molar-refractivity contribution in [2.75, 3.05) is 20.3 Å². The van der Waals surface area contributed by atoms with E-state index in [0.717, 1.165) is 0 Å². The molecular formula is C15H20N2O5. The number of carbonyl (C=O) groups excluding carboxylic acids is 1. The van der Waals surface area contributed by atoms with Crippen molar-refractivity contribution in [3.63, 3.8) is 0 Å². The molecule has 1 fully saturated rings. The fourth-order valence-electron chi connectivity index (χ4n) is 2.51. The van der Waals surface area contributed by atoms with Crippen molar-refractivity contribution in [3.05, 3.63) is 23.4 Å². The van der Waals surface area contributed by atoms with Crippen molar-refractivity contribution in [1.82, 2.24) is 10.3 Å². The van der Waals surface area contributed by atoms with Gasteiger partial charge in [-0.2, -0.15) is 0 Å². The van der Waals surface area contributed by atoms with Crippen molar-refractivity contribution in [1.29, 1.82) is 0 Å². The third-order valence-corrected chi connectivity index (χ3v) is 3.73. The highest BCUT2D eigenvalue weighted by Crippen LogP contribution is 2.21. The smallest absolute Gasteiger partial charge is 0.326 e. The monoisotopic (exact) mass is 308 g/mol. The summed E-state index contributed by atoms with van der Waals surface area (Å²) >= 11 is 0. The SMILES string of the molecule is COc1nc(C)ccc1C(=O)NC(C(=O)O)C1CCOCC1. The Balaban J connectivity index is 2.15. The second-order valence-corrected chi connectivity index (χ2v) is 5.25. The van der Waals surface area contributed by atoms with Gasteiger partial charge in [0, 0.05) is 18.9 Å². The van der Waals surface area contributed by atoms with Crippen molar-refractivity contribution in [2.24, 2.45) is 5.92 Å². The Labute approximate surface area is 128 Å². The van der Waals surface area contributed by atoms with Gasteiger partial charge in [-0.1, -0.05) is 0 Å². The van der Waals surface area contributed by atoms with Crippen molar-refractivity contribution in [2.45, 2.75) is 25.8 Å². The van der Waals surface area contributed by atoms with E-state index in [4.69, 9.17) is 9.47 Å². The van der Waals surface area contributed by atoms with Crippen LogP contribution >= 0.6 is 0 Å². The van der Waals surface area contributed by atoms with E-state index in [1.54, 1.807) is 19.1 Å². The number of pyridine rings is 1. The molecule has 1 aliphatic rings. The van der Waals surface area contributed by atoms with Crippen LogP contribution in [0.4, 0.5) is 0 Å². The quantitative estimate of drug-likeness (QED) is 0.842. The number of amides is 1. The summed E-state index contributed by atoms with van der Waals surface area (Å²) in [7, 11) is 1.42. The Morgan fingerprint density at radius 2 is 2.09 bits per heavy atom. The fourth-order valence-corrected chi connectivity index (χ4v) is 2.51. The zero-order valence-corrected chi connectivity index (χ0v) is 12.7. The van der Waals surface area contributed by atoms with E-state index in [1.807, 2.05) is 0 Å². The Hall–Kier alpha value is -2.15. The summed E-state index contributed by atoms with van der Waals surface area (Å²) in [6.45, 7) is 2.81. The minimum Gasteiger partial charge on any atom is -0.480 e. The number of carboxylic acids is 1. The van der Waals surface area contributed by atoms with Gasteiger partial charge in [0.25, 0.3) is 5.91 Å². The highest BCUT2D eigenvalue weighted by Gasteiger charge is 2.32. The van der Waals surface area contributed by atoms with Gasteiger partial charge in [-0.15, -0.1) is 0 Å². The largest absolute Gasteiger partial charge is 0.480 e. The third kappa shape index (κ3) is 3.73. The molecule has 0 bridgehead atoms. The average Bonchev–Trinajstić information content (AvgIpc) is 2.52. The van der Waals surface area contributed by atoms with Crippen LogP contribution in [0.2, 0.25) is 0 Å². The van der Waals surface area contributed by atoms with Gasteiger partial charge in [0.05, 0.1) is 7.11 Å². The Kier molecular flexibility index (Phi) is 5.32. The summed E-state index contributed by atoms with van der Waals surface area (Å²) in [5, 5.41) is 12.0. The van der Waals surface area contributed by atoms with Crippen LogP contribution < -0.4 is 10.1 Å². The second kappa shape index (κ2) is 7.22. The first-order chi connectivity index (χ1) is 10.5. The predicted molar refractivity (Wildman–Crippen MR) is 78.0 cm³/mol. The molecule has 120 valence electrons. The van der Waals surface area contributed by atoms with Gasteiger partial charge in [0.15, 0.2) is 0 Å². The van der Waals surface area contributed by atoms with E-state index in [2.05, 4.69) is 10.3 Å². The number of hydrogen-bond donors (Lipinski definition) is 2. The molecule has 7 nitrogen and oxygen atoms in total. The average molecular weight is 308 g/mol. The number of rotatable bonds is 5. The minimum absolute atomic E-state index is 0.139. The zero-order chi connectivity index (χ0) is 16.1. The lowest BCUT2D eigenvalue weighted by molar-refractivity contribution is -0.141. The van der Waals surface area contributed by atoms with E-state index in [1.165, 1.54) is 7.11 Å².